The van der Waals surface area contributed by atoms with E-state index in [1.807, 2.05) is 41.4 Å². The Morgan fingerprint density at radius 2 is 2.18 bits per heavy atom. The molecule has 0 fully saturated rings. The van der Waals surface area contributed by atoms with Gasteiger partial charge in [-0.3, -0.25) is 0 Å². The molecule has 3 heterocycles. The van der Waals surface area contributed by atoms with Crippen molar-refractivity contribution in [1.29, 1.82) is 0 Å². The third-order valence-electron chi connectivity index (χ3n) is 4.86. The number of anilines is 1. The van der Waals surface area contributed by atoms with Gasteiger partial charge >= 0.3 is 5.97 Å². The second-order valence-corrected chi connectivity index (χ2v) is 7.91. The van der Waals surface area contributed by atoms with E-state index >= 15 is 0 Å². The zero-order valence-corrected chi connectivity index (χ0v) is 16.6. The summed E-state index contributed by atoms with van der Waals surface area (Å²) in [5.41, 5.74) is 3.30. The maximum Gasteiger partial charge on any atom is 0.353 e. The summed E-state index contributed by atoms with van der Waals surface area (Å²) in [6.45, 7) is 4.87. The molecular weight excluding hydrogens is 372 g/mol. The Morgan fingerprint density at radius 1 is 1.39 bits per heavy atom. The highest BCUT2D eigenvalue weighted by Crippen LogP contribution is 2.37. The van der Waals surface area contributed by atoms with E-state index in [0.29, 0.717) is 12.6 Å². The van der Waals surface area contributed by atoms with E-state index in [2.05, 4.69) is 35.5 Å². The van der Waals surface area contributed by atoms with E-state index in [0.717, 1.165) is 39.0 Å². The highest BCUT2D eigenvalue weighted by Gasteiger charge is 2.29. The molecule has 7 heteroatoms. The van der Waals surface area contributed by atoms with Crippen molar-refractivity contribution in [3.05, 3.63) is 70.8 Å². The second-order valence-electron chi connectivity index (χ2n) is 6.88. The summed E-state index contributed by atoms with van der Waals surface area (Å²) in [4.78, 5) is 19.0. The van der Waals surface area contributed by atoms with Crippen LogP contribution in [0.2, 0.25) is 0 Å². The van der Waals surface area contributed by atoms with Crippen molar-refractivity contribution >= 4 is 33.6 Å². The molecule has 6 nitrogen and oxygen atoms in total. The monoisotopic (exact) mass is 394 g/mol. The SMILES string of the molecule is CC[C@@H](C)Nc1ncc(C2=CC(c3ccccc3)=C3NC(C(=O)O)=CN3C2)s1. The van der Waals surface area contributed by atoms with E-state index in [1.165, 1.54) is 0 Å². The van der Waals surface area contributed by atoms with Crippen LogP contribution in [0, 0.1) is 0 Å². The maximum absolute atomic E-state index is 11.5. The smallest absolute Gasteiger partial charge is 0.353 e. The van der Waals surface area contributed by atoms with Crippen LogP contribution in [0.5, 0.6) is 0 Å². The van der Waals surface area contributed by atoms with Crippen LogP contribution in [0.15, 0.2) is 60.3 Å². The van der Waals surface area contributed by atoms with E-state index < -0.39 is 5.97 Å². The fourth-order valence-electron chi connectivity index (χ4n) is 3.17. The van der Waals surface area contributed by atoms with Gasteiger partial charge in [0.2, 0.25) is 0 Å². The molecule has 4 rings (SSSR count). The van der Waals surface area contributed by atoms with Gasteiger partial charge in [-0.2, -0.15) is 0 Å². The zero-order chi connectivity index (χ0) is 19.7. The number of aromatic nitrogens is 1. The summed E-state index contributed by atoms with van der Waals surface area (Å²) in [6, 6.07) is 10.4. The standard InChI is InChI=1S/C21H22N4O2S/c1-3-13(2)23-21-22-10-18(28-21)15-9-16(14-7-5-4-6-8-14)19-24-17(20(26)27)12-25(19)11-15/h4-10,12-13,24H,3,11H2,1-2H3,(H,22,23)(H,26,27)/t13-/m1/s1. The van der Waals surface area contributed by atoms with Crippen molar-refractivity contribution < 1.29 is 9.90 Å². The minimum absolute atomic E-state index is 0.182. The molecular formula is C21H22N4O2S. The number of rotatable bonds is 6. The zero-order valence-electron chi connectivity index (χ0n) is 15.8. The lowest BCUT2D eigenvalue weighted by Crippen LogP contribution is -2.26. The first-order valence-corrected chi connectivity index (χ1v) is 10.1. The van der Waals surface area contributed by atoms with Crippen LogP contribution >= 0.6 is 11.3 Å². The largest absolute Gasteiger partial charge is 0.477 e. The van der Waals surface area contributed by atoms with Crippen LogP contribution in [-0.4, -0.2) is 33.5 Å². The normalized spacial score (nSPS) is 16.9. The van der Waals surface area contributed by atoms with Gasteiger partial charge in [-0.15, -0.1) is 0 Å². The Morgan fingerprint density at radius 3 is 2.89 bits per heavy atom. The number of nitrogens with zero attached hydrogens (tertiary/aromatic N) is 2. The third kappa shape index (κ3) is 3.53. The molecule has 0 spiro atoms. The number of thiazole rings is 1. The van der Waals surface area contributed by atoms with Crippen molar-refractivity contribution in [3.8, 4) is 0 Å². The number of aliphatic carboxylic acids is 1. The minimum Gasteiger partial charge on any atom is -0.477 e. The number of hydrogen-bond donors (Lipinski definition) is 3. The van der Waals surface area contributed by atoms with Crippen molar-refractivity contribution in [2.45, 2.75) is 26.3 Å². The van der Waals surface area contributed by atoms with Gasteiger partial charge in [-0.05, 0) is 30.6 Å². The van der Waals surface area contributed by atoms with Crippen LogP contribution in [0.4, 0.5) is 5.13 Å². The van der Waals surface area contributed by atoms with Gasteiger partial charge in [0.15, 0.2) is 5.13 Å². The average Bonchev–Trinajstić information content (AvgIpc) is 3.34. The van der Waals surface area contributed by atoms with E-state index in [1.54, 1.807) is 17.5 Å². The van der Waals surface area contributed by atoms with Gasteiger partial charge in [0.05, 0.1) is 11.4 Å². The number of carbonyl (C=O) groups is 1. The Labute approximate surface area is 167 Å². The van der Waals surface area contributed by atoms with E-state index in [4.69, 9.17) is 0 Å². The van der Waals surface area contributed by atoms with Crippen molar-refractivity contribution in [1.82, 2.24) is 15.2 Å². The summed E-state index contributed by atoms with van der Waals surface area (Å²) in [5.74, 6) is -0.163. The molecule has 3 N–H and O–H groups in total. The van der Waals surface area contributed by atoms with Crippen LogP contribution in [0.1, 0.15) is 30.7 Å². The lowest BCUT2D eigenvalue weighted by atomic mass is 9.99. The fourth-order valence-corrected chi connectivity index (χ4v) is 4.10. The minimum atomic E-state index is -0.964. The molecule has 0 bridgehead atoms. The fraction of sp³-hybridized carbons (Fsp3) is 0.238. The molecule has 2 aromatic rings. The van der Waals surface area contributed by atoms with Crippen LogP contribution in [-0.2, 0) is 4.79 Å². The number of allylic oxidation sites excluding steroid dienone is 2. The number of nitrogens with one attached hydrogen (secondary N) is 2. The highest BCUT2D eigenvalue weighted by molar-refractivity contribution is 7.16. The first kappa shape index (κ1) is 18.3. The van der Waals surface area contributed by atoms with Crippen molar-refractivity contribution in [3.63, 3.8) is 0 Å². The number of carboxylic acid groups (broad SMARTS) is 1. The van der Waals surface area contributed by atoms with Gasteiger partial charge in [0, 0.05) is 24.0 Å². The summed E-state index contributed by atoms with van der Waals surface area (Å²) >= 11 is 1.62. The molecule has 0 radical (unpaired) electrons. The Hall–Kier alpha value is -3.06. The molecule has 1 aromatic carbocycles. The van der Waals surface area contributed by atoms with Gasteiger partial charge in [-0.1, -0.05) is 48.6 Å². The van der Waals surface area contributed by atoms with Crippen molar-refractivity contribution in [2.24, 2.45) is 0 Å². The third-order valence-corrected chi connectivity index (χ3v) is 5.86. The highest BCUT2D eigenvalue weighted by atomic mass is 32.1. The topological polar surface area (TPSA) is 77.5 Å². The van der Waals surface area contributed by atoms with Gasteiger partial charge in [0.25, 0.3) is 0 Å². The quantitative estimate of drug-likeness (QED) is 0.689. The summed E-state index contributed by atoms with van der Waals surface area (Å²) in [5, 5.41) is 16.8. The summed E-state index contributed by atoms with van der Waals surface area (Å²) in [6.07, 6.45) is 6.71. The van der Waals surface area contributed by atoms with Crippen LogP contribution in [0.3, 0.4) is 0 Å². The first-order chi connectivity index (χ1) is 13.5. The molecule has 144 valence electrons. The second kappa shape index (κ2) is 7.52. The number of carboxylic acids is 1. The van der Waals surface area contributed by atoms with Crippen LogP contribution in [0.25, 0.3) is 11.1 Å². The number of benzene rings is 1. The summed E-state index contributed by atoms with van der Waals surface area (Å²) < 4.78 is 0. The van der Waals surface area contributed by atoms with Crippen LogP contribution < -0.4 is 10.6 Å². The number of fused-ring (bicyclic) bond motifs is 1. The summed E-state index contributed by atoms with van der Waals surface area (Å²) in [7, 11) is 0. The van der Waals surface area contributed by atoms with Crippen molar-refractivity contribution in [2.75, 3.05) is 11.9 Å². The lowest BCUT2D eigenvalue weighted by Gasteiger charge is -2.26. The van der Waals surface area contributed by atoms with Gasteiger partial charge < -0.3 is 20.6 Å². The molecule has 1 aromatic heterocycles. The van der Waals surface area contributed by atoms with Gasteiger partial charge in [-0.25, -0.2) is 9.78 Å². The molecule has 28 heavy (non-hydrogen) atoms. The predicted molar refractivity (Wildman–Crippen MR) is 112 cm³/mol. The Kier molecular flexibility index (Phi) is 4.92. The Bertz CT molecular complexity index is 991. The van der Waals surface area contributed by atoms with Gasteiger partial charge in [0.1, 0.15) is 11.5 Å². The molecule has 2 aliphatic heterocycles. The molecule has 0 saturated carbocycles. The molecule has 1 atom stereocenters. The molecule has 0 saturated heterocycles. The molecule has 0 aliphatic carbocycles. The van der Waals surface area contributed by atoms with E-state index in [9.17, 15) is 9.90 Å². The van der Waals surface area contributed by atoms with E-state index in [-0.39, 0.29) is 5.70 Å². The Balaban J connectivity index is 1.71. The first-order valence-electron chi connectivity index (χ1n) is 9.27. The average molecular weight is 395 g/mol. The predicted octanol–water partition coefficient (Wildman–Crippen LogP) is 3.95. The molecule has 0 unspecified atom stereocenters. The maximum atomic E-state index is 11.5. The number of hydrogen-bond acceptors (Lipinski definition) is 6. The molecule has 2 aliphatic rings. The molecule has 0 amide bonds. The lowest BCUT2D eigenvalue weighted by molar-refractivity contribution is -0.132.